The van der Waals surface area contributed by atoms with Gasteiger partial charge in [0, 0.05) is 12.1 Å². The molecule has 3 rings (SSSR count). The van der Waals surface area contributed by atoms with E-state index in [2.05, 4.69) is 32.0 Å². The fraction of sp³-hybridized carbons (Fsp3) is 0.350. The fourth-order valence-electron chi connectivity index (χ4n) is 3.21. The van der Waals surface area contributed by atoms with E-state index in [0.29, 0.717) is 18.0 Å². The predicted molar refractivity (Wildman–Crippen MR) is 93.3 cm³/mol. The van der Waals surface area contributed by atoms with Gasteiger partial charge in [-0.25, -0.2) is 0 Å². The van der Waals surface area contributed by atoms with E-state index in [0.717, 1.165) is 6.42 Å². The smallest absolute Gasteiger partial charge is 0.261 e. The molecule has 1 amide bonds. The Morgan fingerprint density at radius 3 is 2.38 bits per heavy atom. The van der Waals surface area contributed by atoms with Gasteiger partial charge in [0.05, 0.1) is 7.11 Å². The molecule has 2 aromatic rings. The third-order valence-electron chi connectivity index (χ3n) is 4.52. The van der Waals surface area contributed by atoms with Crippen LogP contribution in [-0.2, 0) is 17.8 Å². The van der Waals surface area contributed by atoms with Crippen LogP contribution in [0.4, 0.5) is 0 Å². The van der Waals surface area contributed by atoms with Crippen molar-refractivity contribution in [1.29, 1.82) is 0 Å². The van der Waals surface area contributed by atoms with Gasteiger partial charge in [0.15, 0.2) is 18.1 Å². The first-order valence-electron chi connectivity index (χ1n) is 8.14. The predicted octanol–water partition coefficient (Wildman–Crippen LogP) is 3.44. The monoisotopic (exact) mass is 325 g/mol. The van der Waals surface area contributed by atoms with E-state index >= 15 is 0 Å². The Kier molecular flexibility index (Phi) is 4.47. The molecule has 0 atom stereocenters. The summed E-state index contributed by atoms with van der Waals surface area (Å²) >= 11 is 0. The van der Waals surface area contributed by atoms with Crippen LogP contribution in [0.25, 0.3) is 0 Å². The maximum Gasteiger partial charge on any atom is 0.261 e. The normalized spacial score (nSPS) is 15.5. The summed E-state index contributed by atoms with van der Waals surface area (Å²) < 4.78 is 11.0. The van der Waals surface area contributed by atoms with Crippen LogP contribution < -0.4 is 9.47 Å². The van der Waals surface area contributed by atoms with Crippen molar-refractivity contribution < 1.29 is 14.3 Å². The van der Waals surface area contributed by atoms with E-state index in [1.54, 1.807) is 7.11 Å². The molecule has 1 aliphatic rings. The molecule has 0 spiro atoms. The van der Waals surface area contributed by atoms with Crippen molar-refractivity contribution in [2.45, 2.75) is 32.4 Å². The van der Waals surface area contributed by atoms with Crippen LogP contribution in [0.15, 0.2) is 48.5 Å². The largest absolute Gasteiger partial charge is 0.493 e. The van der Waals surface area contributed by atoms with E-state index in [9.17, 15) is 4.79 Å². The zero-order chi connectivity index (χ0) is 17.2. The van der Waals surface area contributed by atoms with Crippen molar-refractivity contribution in [3.63, 3.8) is 0 Å². The summed E-state index contributed by atoms with van der Waals surface area (Å²) in [5, 5.41) is 0. The van der Waals surface area contributed by atoms with Gasteiger partial charge in [0.25, 0.3) is 5.91 Å². The number of rotatable bonds is 4. The van der Waals surface area contributed by atoms with Gasteiger partial charge in [-0.3, -0.25) is 4.79 Å². The van der Waals surface area contributed by atoms with Gasteiger partial charge in [-0.1, -0.05) is 36.4 Å². The number of carbonyl (C=O) groups excluding carboxylic acids is 1. The first kappa shape index (κ1) is 16.4. The molecule has 126 valence electrons. The van der Waals surface area contributed by atoms with Gasteiger partial charge in [0.1, 0.15) is 0 Å². The Balaban J connectivity index is 1.73. The Labute approximate surface area is 143 Å². The molecule has 0 saturated carbocycles. The second-order valence-electron chi connectivity index (χ2n) is 6.68. The molecule has 24 heavy (non-hydrogen) atoms. The van der Waals surface area contributed by atoms with Crippen LogP contribution in [0, 0.1) is 0 Å². The molecule has 1 aliphatic heterocycles. The Morgan fingerprint density at radius 2 is 1.67 bits per heavy atom. The topological polar surface area (TPSA) is 38.8 Å². The number of fused-ring (bicyclic) bond motifs is 1. The fourth-order valence-corrected chi connectivity index (χ4v) is 3.21. The number of amides is 1. The summed E-state index contributed by atoms with van der Waals surface area (Å²) in [4.78, 5) is 14.7. The quantitative estimate of drug-likeness (QED) is 0.864. The SMILES string of the molecule is COc1ccccc1OCC(=O)N1Cc2ccccc2CC1(C)C. The highest BCUT2D eigenvalue weighted by atomic mass is 16.5. The second kappa shape index (κ2) is 6.56. The molecular formula is C20H23NO3. The van der Waals surface area contributed by atoms with Crippen molar-refractivity contribution in [1.82, 2.24) is 4.90 Å². The summed E-state index contributed by atoms with van der Waals surface area (Å²) in [5.74, 6) is 1.21. The summed E-state index contributed by atoms with van der Waals surface area (Å²) in [6.07, 6.45) is 0.851. The van der Waals surface area contributed by atoms with Crippen LogP contribution in [0.3, 0.4) is 0 Å². The lowest BCUT2D eigenvalue weighted by molar-refractivity contribution is -0.140. The summed E-state index contributed by atoms with van der Waals surface area (Å²) in [6, 6.07) is 15.7. The first-order valence-corrected chi connectivity index (χ1v) is 8.14. The van der Waals surface area contributed by atoms with Gasteiger partial charge >= 0.3 is 0 Å². The molecule has 4 heteroatoms. The van der Waals surface area contributed by atoms with Crippen LogP contribution in [-0.4, -0.2) is 30.1 Å². The lowest BCUT2D eigenvalue weighted by Crippen LogP contribution is -2.52. The van der Waals surface area contributed by atoms with Crippen molar-refractivity contribution in [3.05, 3.63) is 59.7 Å². The molecule has 4 nitrogen and oxygen atoms in total. The molecule has 1 heterocycles. The highest BCUT2D eigenvalue weighted by Crippen LogP contribution is 2.31. The summed E-state index contributed by atoms with van der Waals surface area (Å²) in [5.41, 5.74) is 2.30. The number of hydrogen-bond donors (Lipinski definition) is 0. The van der Waals surface area contributed by atoms with Crippen LogP contribution >= 0.6 is 0 Å². The zero-order valence-electron chi connectivity index (χ0n) is 14.4. The van der Waals surface area contributed by atoms with Crippen molar-refractivity contribution in [2.24, 2.45) is 0 Å². The van der Waals surface area contributed by atoms with Crippen LogP contribution in [0.1, 0.15) is 25.0 Å². The lowest BCUT2D eigenvalue weighted by atomic mass is 9.85. The molecule has 0 saturated heterocycles. The number of nitrogens with zero attached hydrogens (tertiary/aromatic N) is 1. The number of benzene rings is 2. The third-order valence-corrected chi connectivity index (χ3v) is 4.52. The average molecular weight is 325 g/mol. The summed E-state index contributed by atoms with van der Waals surface area (Å²) in [6.45, 7) is 4.83. The first-order chi connectivity index (χ1) is 11.5. The van der Waals surface area contributed by atoms with Gasteiger partial charge in [0.2, 0.25) is 0 Å². The van der Waals surface area contributed by atoms with Gasteiger partial charge in [-0.2, -0.15) is 0 Å². The molecule has 0 bridgehead atoms. The minimum Gasteiger partial charge on any atom is -0.493 e. The standard InChI is InChI=1S/C20H23NO3/c1-20(2)12-15-8-4-5-9-16(15)13-21(20)19(22)14-24-18-11-7-6-10-17(18)23-3/h4-11H,12-14H2,1-3H3. The highest BCUT2D eigenvalue weighted by Gasteiger charge is 2.35. The zero-order valence-corrected chi connectivity index (χ0v) is 14.4. The van der Waals surface area contributed by atoms with E-state index in [4.69, 9.17) is 9.47 Å². The molecule has 0 N–H and O–H groups in total. The number of hydrogen-bond acceptors (Lipinski definition) is 3. The van der Waals surface area contributed by atoms with E-state index < -0.39 is 0 Å². The van der Waals surface area contributed by atoms with Crippen LogP contribution in [0.2, 0.25) is 0 Å². The van der Waals surface area contributed by atoms with E-state index in [1.807, 2.05) is 35.2 Å². The van der Waals surface area contributed by atoms with Gasteiger partial charge in [-0.05, 0) is 43.5 Å². The van der Waals surface area contributed by atoms with Gasteiger partial charge in [-0.15, -0.1) is 0 Å². The Hall–Kier alpha value is -2.49. The molecular weight excluding hydrogens is 302 g/mol. The third kappa shape index (κ3) is 3.23. The minimum atomic E-state index is -0.227. The maximum absolute atomic E-state index is 12.8. The Morgan fingerprint density at radius 1 is 1.04 bits per heavy atom. The van der Waals surface area contributed by atoms with E-state index in [1.165, 1.54) is 11.1 Å². The van der Waals surface area contributed by atoms with Gasteiger partial charge < -0.3 is 14.4 Å². The van der Waals surface area contributed by atoms with E-state index in [-0.39, 0.29) is 18.1 Å². The molecule has 0 aliphatic carbocycles. The number of para-hydroxylation sites is 2. The molecule has 2 aromatic carbocycles. The number of ether oxygens (including phenoxy) is 2. The molecule has 0 unspecified atom stereocenters. The molecule has 0 aromatic heterocycles. The summed E-state index contributed by atoms with van der Waals surface area (Å²) in [7, 11) is 1.59. The Bertz CT molecular complexity index is 739. The average Bonchev–Trinajstić information content (AvgIpc) is 2.58. The highest BCUT2D eigenvalue weighted by molar-refractivity contribution is 5.79. The lowest BCUT2D eigenvalue weighted by Gasteiger charge is -2.43. The minimum absolute atomic E-state index is 0.00592. The van der Waals surface area contributed by atoms with Crippen molar-refractivity contribution >= 4 is 5.91 Å². The van der Waals surface area contributed by atoms with Crippen molar-refractivity contribution in [2.75, 3.05) is 13.7 Å². The number of methoxy groups -OCH3 is 1. The molecule has 0 fully saturated rings. The number of carbonyl (C=O) groups is 1. The molecule has 0 radical (unpaired) electrons. The van der Waals surface area contributed by atoms with Crippen LogP contribution in [0.5, 0.6) is 11.5 Å². The maximum atomic E-state index is 12.8. The second-order valence-corrected chi connectivity index (χ2v) is 6.68. The van der Waals surface area contributed by atoms with Crippen molar-refractivity contribution in [3.8, 4) is 11.5 Å².